The Bertz CT molecular complexity index is 344. The van der Waals surface area contributed by atoms with E-state index in [1.54, 1.807) is 4.90 Å². The molecule has 2 atom stereocenters. The summed E-state index contributed by atoms with van der Waals surface area (Å²) >= 11 is 0. The monoisotopic (exact) mass is 254 g/mol. The lowest BCUT2D eigenvalue weighted by atomic mass is 9.91. The van der Waals surface area contributed by atoms with Crippen molar-refractivity contribution < 1.29 is 14.3 Å². The first-order chi connectivity index (χ1) is 8.26. The summed E-state index contributed by atoms with van der Waals surface area (Å²) in [6.45, 7) is 7.09. The fourth-order valence-electron chi connectivity index (χ4n) is 2.82. The number of amides is 1. The number of carbonyl (C=O) groups excluding carboxylic acids is 2. The van der Waals surface area contributed by atoms with E-state index in [0.717, 1.165) is 13.1 Å². The Balaban J connectivity index is 2.12. The molecule has 0 radical (unpaired) electrons. The summed E-state index contributed by atoms with van der Waals surface area (Å²) in [4.78, 5) is 27.8. The quantitative estimate of drug-likeness (QED) is 0.653. The molecule has 0 N–H and O–H groups in total. The van der Waals surface area contributed by atoms with Crippen molar-refractivity contribution in [3.63, 3.8) is 0 Å². The molecule has 2 saturated heterocycles. The van der Waals surface area contributed by atoms with Gasteiger partial charge in [0.2, 0.25) is 0 Å². The Labute approximate surface area is 108 Å². The van der Waals surface area contributed by atoms with Crippen LogP contribution in [0.4, 0.5) is 4.79 Å². The molecule has 0 spiro atoms. The van der Waals surface area contributed by atoms with E-state index in [-0.39, 0.29) is 24.0 Å². The highest BCUT2D eigenvalue weighted by atomic mass is 16.6. The van der Waals surface area contributed by atoms with E-state index in [2.05, 4.69) is 4.90 Å². The summed E-state index contributed by atoms with van der Waals surface area (Å²) in [7, 11) is 2.03. The van der Waals surface area contributed by atoms with Gasteiger partial charge in [-0.3, -0.25) is 9.69 Å². The van der Waals surface area contributed by atoms with Gasteiger partial charge in [-0.25, -0.2) is 4.79 Å². The second-order valence-electron chi connectivity index (χ2n) is 6.36. The summed E-state index contributed by atoms with van der Waals surface area (Å²) in [6, 6.07) is -0.0466. The van der Waals surface area contributed by atoms with Crippen LogP contribution in [0.3, 0.4) is 0 Å². The van der Waals surface area contributed by atoms with Crippen molar-refractivity contribution in [1.82, 2.24) is 9.80 Å². The van der Waals surface area contributed by atoms with E-state index in [1.165, 1.54) is 0 Å². The highest BCUT2D eigenvalue weighted by Crippen LogP contribution is 2.28. The maximum atomic E-state index is 12.2. The third kappa shape index (κ3) is 2.83. The number of likely N-dealkylation sites (N-methyl/N-ethyl adjacent to an activating group) is 1. The molecule has 5 nitrogen and oxygen atoms in total. The van der Waals surface area contributed by atoms with Crippen LogP contribution < -0.4 is 0 Å². The van der Waals surface area contributed by atoms with Gasteiger partial charge in [0.1, 0.15) is 11.4 Å². The first kappa shape index (κ1) is 13.3. The minimum Gasteiger partial charge on any atom is -0.444 e. The molecule has 2 bridgehead atoms. The van der Waals surface area contributed by atoms with Crippen LogP contribution >= 0.6 is 0 Å². The molecule has 2 heterocycles. The lowest BCUT2D eigenvalue weighted by molar-refractivity contribution is -0.128. The molecule has 0 aromatic rings. The molecular weight excluding hydrogens is 232 g/mol. The molecular formula is C13H22N2O3. The van der Waals surface area contributed by atoms with Gasteiger partial charge in [0.25, 0.3) is 0 Å². The van der Waals surface area contributed by atoms with Crippen molar-refractivity contribution in [3.8, 4) is 0 Å². The van der Waals surface area contributed by atoms with Crippen LogP contribution in [0.1, 0.15) is 33.6 Å². The topological polar surface area (TPSA) is 49.9 Å². The van der Waals surface area contributed by atoms with Crippen LogP contribution in [0.15, 0.2) is 0 Å². The molecule has 2 aliphatic heterocycles. The number of nitrogens with zero attached hydrogens (tertiary/aromatic N) is 2. The molecule has 2 aliphatic rings. The molecule has 0 aromatic carbocycles. The summed E-state index contributed by atoms with van der Waals surface area (Å²) in [6.07, 6.45) is 0.637. The molecule has 2 fully saturated rings. The fraction of sp³-hybridized carbons (Fsp3) is 0.846. The van der Waals surface area contributed by atoms with Gasteiger partial charge in [-0.15, -0.1) is 0 Å². The number of piperazine rings is 1. The fourth-order valence-corrected chi connectivity index (χ4v) is 2.82. The minimum absolute atomic E-state index is 0.0233. The second kappa shape index (κ2) is 4.53. The Morgan fingerprint density at radius 2 is 1.72 bits per heavy atom. The van der Waals surface area contributed by atoms with Gasteiger partial charge in [-0.2, -0.15) is 0 Å². The largest absolute Gasteiger partial charge is 0.444 e. The molecule has 2 unspecified atom stereocenters. The predicted molar refractivity (Wildman–Crippen MR) is 67.4 cm³/mol. The number of carbonyl (C=O) groups is 2. The number of likely N-dealkylation sites (tertiary alicyclic amines) is 1. The van der Waals surface area contributed by atoms with Crippen LogP contribution in [-0.4, -0.2) is 59.5 Å². The Hall–Kier alpha value is -1.10. The van der Waals surface area contributed by atoms with Gasteiger partial charge in [0.05, 0.1) is 12.1 Å². The van der Waals surface area contributed by atoms with Gasteiger partial charge >= 0.3 is 6.09 Å². The van der Waals surface area contributed by atoms with Crippen molar-refractivity contribution in [2.45, 2.75) is 51.3 Å². The average molecular weight is 254 g/mol. The number of hydrogen-bond donors (Lipinski definition) is 0. The summed E-state index contributed by atoms with van der Waals surface area (Å²) < 4.78 is 5.44. The van der Waals surface area contributed by atoms with Crippen molar-refractivity contribution in [1.29, 1.82) is 0 Å². The maximum absolute atomic E-state index is 12.2. The summed E-state index contributed by atoms with van der Waals surface area (Å²) in [5.74, 6) is 0.262. The first-order valence-electron chi connectivity index (χ1n) is 6.48. The van der Waals surface area contributed by atoms with Crippen LogP contribution in [0.2, 0.25) is 0 Å². The van der Waals surface area contributed by atoms with E-state index in [4.69, 9.17) is 4.74 Å². The van der Waals surface area contributed by atoms with Crippen molar-refractivity contribution in [3.05, 3.63) is 0 Å². The molecule has 18 heavy (non-hydrogen) atoms. The lowest BCUT2D eigenvalue weighted by Crippen LogP contribution is -2.63. The first-order valence-corrected chi connectivity index (χ1v) is 6.48. The van der Waals surface area contributed by atoms with Crippen molar-refractivity contribution >= 4 is 11.9 Å². The molecule has 0 saturated carbocycles. The average Bonchev–Trinajstić information content (AvgIpc) is 2.11. The van der Waals surface area contributed by atoms with Crippen LogP contribution in [-0.2, 0) is 9.53 Å². The zero-order chi connectivity index (χ0) is 13.5. The van der Waals surface area contributed by atoms with Crippen LogP contribution in [0, 0.1) is 0 Å². The predicted octanol–water partition coefficient (Wildman–Crippen LogP) is 1.27. The Morgan fingerprint density at radius 1 is 1.22 bits per heavy atom. The smallest absolute Gasteiger partial charge is 0.410 e. The third-order valence-corrected chi connectivity index (χ3v) is 3.36. The molecule has 5 heteroatoms. The molecule has 2 rings (SSSR count). The molecule has 1 amide bonds. The summed E-state index contributed by atoms with van der Waals surface area (Å²) in [5.41, 5.74) is -0.487. The van der Waals surface area contributed by atoms with E-state index < -0.39 is 5.60 Å². The number of ether oxygens (including phenoxy) is 1. The summed E-state index contributed by atoms with van der Waals surface area (Å²) in [5, 5.41) is 0. The van der Waals surface area contributed by atoms with Crippen LogP contribution in [0.5, 0.6) is 0 Å². The third-order valence-electron chi connectivity index (χ3n) is 3.36. The lowest BCUT2D eigenvalue weighted by Gasteiger charge is -2.48. The standard InChI is InChI=1S/C13H22N2O3/c1-13(2,3)18-12(17)15-9-5-11(16)6-10(15)8-14(4)7-9/h9-10H,5-8H2,1-4H3. The van der Waals surface area contributed by atoms with Crippen molar-refractivity contribution in [2.75, 3.05) is 20.1 Å². The van der Waals surface area contributed by atoms with Gasteiger partial charge in [-0.1, -0.05) is 0 Å². The minimum atomic E-state index is -0.487. The normalized spacial score (nSPS) is 29.3. The molecule has 102 valence electrons. The number of hydrogen-bond acceptors (Lipinski definition) is 4. The molecule has 0 aliphatic carbocycles. The zero-order valence-corrected chi connectivity index (χ0v) is 11.6. The molecule has 0 aromatic heterocycles. The number of fused-ring (bicyclic) bond motifs is 2. The SMILES string of the molecule is CN1CC2CC(=O)CC(C1)N2C(=O)OC(C)(C)C. The van der Waals surface area contributed by atoms with Gasteiger partial charge in [0.15, 0.2) is 0 Å². The number of piperidine rings is 1. The van der Waals surface area contributed by atoms with Gasteiger partial charge in [0, 0.05) is 25.9 Å². The van der Waals surface area contributed by atoms with Crippen LogP contribution in [0.25, 0.3) is 0 Å². The van der Waals surface area contributed by atoms with E-state index in [0.29, 0.717) is 12.8 Å². The van der Waals surface area contributed by atoms with E-state index >= 15 is 0 Å². The number of Topliss-reactive ketones (excluding diaryl/α,β-unsaturated/α-hetero) is 1. The maximum Gasteiger partial charge on any atom is 0.410 e. The van der Waals surface area contributed by atoms with Gasteiger partial charge < -0.3 is 9.64 Å². The Morgan fingerprint density at radius 3 is 2.17 bits per heavy atom. The zero-order valence-electron chi connectivity index (χ0n) is 11.6. The van der Waals surface area contributed by atoms with E-state index in [9.17, 15) is 9.59 Å². The van der Waals surface area contributed by atoms with E-state index in [1.807, 2.05) is 27.8 Å². The number of rotatable bonds is 0. The highest BCUT2D eigenvalue weighted by molar-refractivity contribution is 5.83. The highest BCUT2D eigenvalue weighted by Gasteiger charge is 2.43. The van der Waals surface area contributed by atoms with Crippen molar-refractivity contribution in [2.24, 2.45) is 0 Å². The van der Waals surface area contributed by atoms with Gasteiger partial charge in [-0.05, 0) is 27.8 Å². The second-order valence-corrected chi connectivity index (χ2v) is 6.36. The Kier molecular flexibility index (Phi) is 3.36. The number of ketones is 1.